The maximum absolute atomic E-state index is 12.5. The van der Waals surface area contributed by atoms with E-state index in [0.717, 1.165) is 17.0 Å². The number of likely N-dealkylation sites (N-methyl/N-ethyl adjacent to an activating group) is 1. The predicted octanol–water partition coefficient (Wildman–Crippen LogP) is 1.52. The SMILES string of the molecule is CCN[C@H](C)CNC(=O)C(C)N1C(=O)c2ccc(C)cc2C1=O.Cl. The normalized spacial score (nSPS) is 15.6. The zero-order chi connectivity index (χ0) is 17.1. The fraction of sp³-hybridized carbons (Fsp3) is 0.471. The van der Waals surface area contributed by atoms with E-state index in [2.05, 4.69) is 10.6 Å². The summed E-state index contributed by atoms with van der Waals surface area (Å²) >= 11 is 0. The quantitative estimate of drug-likeness (QED) is 0.760. The number of fused-ring (bicyclic) bond motifs is 1. The van der Waals surface area contributed by atoms with Crippen LogP contribution in [0.2, 0.25) is 0 Å². The van der Waals surface area contributed by atoms with E-state index in [1.165, 1.54) is 0 Å². The van der Waals surface area contributed by atoms with Crippen LogP contribution in [0, 0.1) is 6.92 Å². The number of halogens is 1. The summed E-state index contributed by atoms with van der Waals surface area (Å²) in [4.78, 5) is 38.2. The van der Waals surface area contributed by atoms with E-state index < -0.39 is 17.9 Å². The van der Waals surface area contributed by atoms with E-state index in [1.807, 2.05) is 20.8 Å². The lowest BCUT2D eigenvalue weighted by molar-refractivity contribution is -0.124. The van der Waals surface area contributed by atoms with E-state index in [4.69, 9.17) is 0 Å². The summed E-state index contributed by atoms with van der Waals surface area (Å²) in [6, 6.07) is 4.41. The Hall–Kier alpha value is -1.92. The molecule has 0 saturated carbocycles. The molecule has 0 bridgehead atoms. The number of hydrogen-bond donors (Lipinski definition) is 2. The second-order valence-corrected chi connectivity index (χ2v) is 5.91. The third kappa shape index (κ3) is 3.94. The van der Waals surface area contributed by atoms with E-state index in [1.54, 1.807) is 25.1 Å². The molecule has 2 rings (SSSR count). The molecule has 3 amide bonds. The van der Waals surface area contributed by atoms with Crippen LogP contribution in [0.15, 0.2) is 18.2 Å². The van der Waals surface area contributed by atoms with Gasteiger partial charge in [0.2, 0.25) is 5.91 Å². The van der Waals surface area contributed by atoms with Crippen molar-refractivity contribution in [3.05, 3.63) is 34.9 Å². The Kier molecular flexibility index (Phi) is 6.93. The minimum Gasteiger partial charge on any atom is -0.353 e. The molecule has 1 aliphatic rings. The first-order valence-electron chi connectivity index (χ1n) is 7.86. The number of hydrogen-bond acceptors (Lipinski definition) is 4. The number of nitrogens with one attached hydrogen (secondary N) is 2. The van der Waals surface area contributed by atoms with Crippen molar-refractivity contribution < 1.29 is 14.4 Å². The third-order valence-corrected chi connectivity index (χ3v) is 3.98. The van der Waals surface area contributed by atoms with Crippen molar-refractivity contribution in [1.29, 1.82) is 0 Å². The zero-order valence-corrected chi connectivity index (χ0v) is 15.2. The van der Waals surface area contributed by atoms with Gasteiger partial charge in [-0.15, -0.1) is 12.4 Å². The average molecular weight is 354 g/mol. The molecule has 0 aliphatic carbocycles. The Morgan fingerprint density at radius 3 is 2.42 bits per heavy atom. The molecule has 1 heterocycles. The molecule has 1 unspecified atom stereocenters. The van der Waals surface area contributed by atoms with Gasteiger partial charge in [0.1, 0.15) is 6.04 Å². The van der Waals surface area contributed by atoms with Gasteiger partial charge in [0.05, 0.1) is 11.1 Å². The van der Waals surface area contributed by atoms with E-state index in [0.29, 0.717) is 17.7 Å². The van der Waals surface area contributed by atoms with Crippen molar-refractivity contribution in [1.82, 2.24) is 15.5 Å². The topological polar surface area (TPSA) is 78.5 Å². The Morgan fingerprint density at radius 1 is 1.17 bits per heavy atom. The van der Waals surface area contributed by atoms with E-state index in [-0.39, 0.29) is 24.4 Å². The highest BCUT2D eigenvalue weighted by Crippen LogP contribution is 2.25. The van der Waals surface area contributed by atoms with Crippen molar-refractivity contribution in [2.75, 3.05) is 13.1 Å². The molecule has 2 N–H and O–H groups in total. The molecule has 7 heteroatoms. The van der Waals surface area contributed by atoms with Crippen LogP contribution < -0.4 is 10.6 Å². The summed E-state index contributed by atoms with van der Waals surface area (Å²) in [5, 5.41) is 5.96. The van der Waals surface area contributed by atoms with Crippen molar-refractivity contribution in [3.63, 3.8) is 0 Å². The van der Waals surface area contributed by atoms with Crippen LogP contribution in [0.25, 0.3) is 0 Å². The Labute approximate surface area is 148 Å². The number of aryl methyl sites for hydroxylation is 1. The summed E-state index contributed by atoms with van der Waals surface area (Å²) in [5.74, 6) is -1.15. The molecule has 6 nitrogen and oxygen atoms in total. The van der Waals surface area contributed by atoms with Crippen LogP contribution in [0.3, 0.4) is 0 Å². The third-order valence-electron chi connectivity index (χ3n) is 3.98. The maximum Gasteiger partial charge on any atom is 0.262 e. The van der Waals surface area contributed by atoms with E-state index >= 15 is 0 Å². The monoisotopic (exact) mass is 353 g/mol. The maximum atomic E-state index is 12.5. The lowest BCUT2D eigenvalue weighted by Crippen LogP contribution is -2.50. The molecular formula is C17H24ClN3O3. The lowest BCUT2D eigenvalue weighted by atomic mass is 10.1. The highest BCUT2D eigenvalue weighted by Gasteiger charge is 2.40. The summed E-state index contributed by atoms with van der Waals surface area (Å²) < 4.78 is 0. The second-order valence-electron chi connectivity index (χ2n) is 5.91. The highest BCUT2D eigenvalue weighted by molar-refractivity contribution is 6.22. The lowest BCUT2D eigenvalue weighted by Gasteiger charge is -2.22. The van der Waals surface area contributed by atoms with Gasteiger partial charge in [-0.05, 0) is 39.4 Å². The van der Waals surface area contributed by atoms with Crippen LogP contribution in [0.5, 0.6) is 0 Å². The van der Waals surface area contributed by atoms with Gasteiger partial charge in [-0.1, -0.05) is 18.6 Å². The number of benzene rings is 1. The molecule has 1 aromatic rings. The molecule has 1 aliphatic heterocycles. The molecule has 24 heavy (non-hydrogen) atoms. The molecule has 0 spiro atoms. The number of nitrogens with zero attached hydrogens (tertiary/aromatic N) is 1. The number of carbonyl (C=O) groups is 3. The summed E-state index contributed by atoms with van der Waals surface area (Å²) in [5.41, 5.74) is 1.64. The molecule has 0 fully saturated rings. The van der Waals surface area contributed by atoms with Gasteiger partial charge in [0, 0.05) is 12.6 Å². The fourth-order valence-corrected chi connectivity index (χ4v) is 2.66. The van der Waals surface area contributed by atoms with Gasteiger partial charge in [0.25, 0.3) is 11.8 Å². The van der Waals surface area contributed by atoms with E-state index in [9.17, 15) is 14.4 Å². The molecule has 1 aromatic carbocycles. The first-order chi connectivity index (χ1) is 10.9. The minimum atomic E-state index is -0.837. The standard InChI is InChI=1S/C17H23N3O3.ClH/c1-5-18-11(3)9-19-15(21)12(4)20-16(22)13-7-6-10(2)8-14(13)17(20)23;/h6-8,11-12,18H,5,9H2,1-4H3,(H,19,21);1H/t11-,12?;/m1./s1. The smallest absolute Gasteiger partial charge is 0.262 e. The van der Waals surface area contributed by atoms with Gasteiger partial charge < -0.3 is 10.6 Å². The summed E-state index contributed by atoms with van der Waals surface area (Å²) in [6.45, 7) is 8.63. The van der Waals surface area contributed by atoms with Crippen LogP contribution >= 0.6 is 12.4 Å². The number of imide groups is 1. The van der Waals surface area contributed by atoms with Crippen LogP contribution in [0.1, 0.15) is 47.1 Å². The Balaban J connectivity index is 0.00000288. The number of carbonyl (C=O) groups excluding carboxylic acids is 3. The van der Waals surface area contributed by atoms with Crippen LogP contribution in [-0.4, -0.2) is 47.8 Å². The molecule has 132 valence electrons. The highest BCUT2D eigenvalue weighted by atomic mass is 35.5. The second kappa shape index (κ2) is 8.26. The van der Waals surface area contributed by atoms with Gasteiger partial charge in [-0.25, -0.2) is 0 Å². The summed E-state index contributed by atoms with van der Waals surface area (Å²) in [7, 11) is 0. The van der Waals surface area contributed by atoms with Gasteiger partial charge in [-0.3, -0.25) is 19.3 Å². The van der Waals surface area contributed by atoms with Crippen molar-refractivity contribution in [3.8, 4) is 0 Å². The van der Waals surface area contributed by atoms with Crippen LogP contribution in [-0.2, 0) is 4.79 Å². The number of amides is 3. The molecule has 0 aromatic heterocycles. The first kappa shape index (κ1) is 20.1. The molecular weight excluding hydrogens is 330 g/mol. The molecule has 2 atom stereocenters. The minimum absolute atomic E-state index is 0. The first-order valence-corrected chi connectivity index (χ1v) is 7.86. The Morgan fingerprint density at radius 2 is 1.79 bits per heavy atom. The Bertz CT molecular complexity index is 648. The van der Waals surface area contributed by atoms with Gasteiger partial charge in [-0.2, -0.15) is 0 Å². The molecule has 0 saturated heterocycles. The van der Waals surface area contributed by atoms with Crippen molar-refractivity contribution in [2.45, 2.75) is 39.8 Å². The molecule has 0 radical (unpaired) electrons. The largest absolute Gasteiger partial charge is 0.353 e. The van der Waals surface area contributed by atoms with Crippen molar-refractivity contribution >= 4 is 30.1 Å². The fourth-order valence-electron chi connectivity index (χ4n) is 2.66. The zero-order valence-electron chi connectivity index (χ0n) is 14.4. The van der Waals surface area contributed by atoms with Crippen molar-refractivity contribution in [2.24, 2.45) is 0 Å². The van der Waals surface area contributed by atoms with Gasteiger partial charge >= 0.3 is 0 Å². The number of rotatable bonds is 6. The van der Waals surface area contributed by atoms with Crippen LogP contribution in [0.4, 0.5) is 0 Å². The average Bonchev–Trinajstić information content (AvgIpc) is 2.75. The van der Waals surface area contributed by atoms with Gasteiger partial charge in [0.15, 0.2) is 0 Å². The predicted molar refractivity (Wildman–Crippen MR) is 94.5 cm³/mol. The summed E-state index contributed by atoms with van der Waals surface area (Å²) in [6.07, 6.45) is 0.